The lowest BCUT2D eigenvalue weighted by molar-refractivity contribution is -0.400. The van der Waals surface area contributed by atoms with Crippen LogP contribution in [0.3, 0.4) is 0 Å². The van der Waals surface area contributed by atoms with Gasteiger partial charge in [-0.05, 0) is 12.1 Å². The zero-order chi connectivity index (χ0) is 17.7. The molecule has 0 atom stereocenters. The predicted octanol–water partition coefficient (Wildman–Crippen LogP) is 4.55. The van der Waals surface area contributed by atoms with Crippen LogP contribution in [0.15, 0.2) is 30.5 Å². The van der Waals surface area contributed by atoms with E-state index in [4.69, 9.17) is 0 Å². The Labute approximate surface area is 122 Å². The Morgan fingerprint density at radius 1 is 0.696 bits per heavy atom. The molecule has 2 rings (SSSR count). The molecule has 0 aliphatic rings. The van der Waals surface area contributed by atoms with Gasteiger partial charge in [0.2, 0.25) is 0 Å². The highest BCUT2D eigenvalue weighted by atomic mass is 19.4. The standard InChI is InChI=1S/C12H5F9N2/c13-9(14,10(15,16)11(17,18)12(19,20)21)8-5-22-6-3-1-2-4-7(6)23-8/h1-5H. The minimum atomic E-state index is -6.96. The van der Waals surface area contributed by atoms with E-state index in [-0.39, 0.29) is 17.2 Å². The van der Waals surface area contributed by atoms with E-state index in [1.807, 2.05) is 0 Å². The molecule has 1 heterocycles. The molecule has 11 heteroatoms. The summed E-state index contributed by atoms with van der Waals surface area (Å²) in [6.45, 7) is 0. The van der Waals surface area contributed by atoms with Crippen molar-refractivity contribution < 1.29 is 39.5 Å². The highest BCUT2D eigenvalue weighted by Crippen LogP contribution is 2.56. The molecular weight excluding hydrogens is 343 g/mol. The summed E-state index contributed by atoms with van der Waals surface area (Å²) >= 11 is 0. The molecule has 2 aromatic rings. The van der Waals surface area contributed by atoms with E-state index in [1.54, 1.807) is 0 Å². The first-order chi connectivity index (χ1) is 10.3. The zero-order valence-corrected chi connectivity index (χ0v) is 10.7. The van der Waals surface area contributed by atoms with Crippen LogP contribution in [0.25, 0.3) is 11.0 Å². The summed E-state index contributed by atoms with van der Waals surface area (Å²) in [5, 5.41) is 0. The number of benzene rings is 1. The quantitative estimate of drug-likeness (QED) is 0.761. The van der Waals surface area contributed by atoms with Crippen molar-refractivity contribution in [2.75, 3.05) is 0 Å². The monoisotopic (exact) mass is 348 g/mol. The van der Waals surface area contributed by atoms with Gasteiger partial charge in [0.1, 0.15) is 5.69 Å². The van der Waals surface area contributed by atoms with Crippen molar-refractivity contribution in [3.63, 3.8) is 0 Å². The van der Waals surface area contributed by atoms with Gasteiger partial charge in [0.15, 0.2) is 0 Å². The molecule has 126 valence electrons. The summed E-state index contributed by atoms with van der Waals surface area (Å²) in [6, 6.07) is 4.98. The van der Waals surface area contributed by atoms with Gasteiger partial charge in [-0.3, -0.25) is 4.98 Å². The predicted molar refractivity (Wildman–Crippen MR) is 59.4 cm³/mol. The molecule has 0 aliphatic heterocycles. The normalized spacial score (nSPS) is 14.3. The molecule has 0 saturated heterocycles. The second kappa shape index (κ2) is 4.96. The fourth-order valence-corrected chi connectivity index (χ4v) is 1.64. The van der Waals surface area contributed by atoms with Gasteiger partial charge in [-0.15, -0.1) is 0 Å². The number of alkyl halides is 9. The highest BCUT2D eigenvalue weighted by Gasteiger charge is 2.82. The lowest BCUT2D eigenvalue weighted by Crippen LogP contribution is -2.59. The van der Waals surface area contributed by atoms with Crippen LogP contribution >= 0.6 is 0 Å². The minimum absolute atomic E-state index is 0.0297. The maximum Gasteiger partial charge on any atom is 0.460 e. The first-order valence-corrected chi connectivity index (χ1v) is 5.75. The Balaban J connectivity index is 2.58. The van der Waals surface area contributed by atoms with Crippen molar-refractivity contribution in [2.45, 2.75) is 23.9 Å². The second-order valence-electron chi connectivity index (χ2n) is 4.46. The smallest absolute Gasteiger partial charge is 0.252 e. The maximum atomic E-state index is 13.7. The summed E-state index contributed by atoms with van der Waals surface area (Å²) in [7, 11) is 0. The van der Waals surface area contributed by atoms with Crippen LogP contribution in [0, 0.1) is 0 Å². The number of para-hydroxylation sites is 2. The van der Waals surface area contributed by atoms with Crippen LogP contribution in [0.5, 0.6) is 0 Å². The molecule has 0 N–H and O–H groups in total. The van der Waals surface area contributed by atoms with Crippen molar-refractivity contribution in [2.24, 2.45) is 0 Å². The third kappa shape index (κ3) is 2.47. The lowest BCUT2D eigenvalue weighted by Gasteiger charge is -2.33. The molecule has 1 aromatic heterocycles. The average molecular weight is 348 g/mol. The fraction of sp³-hybridized carbons (Fsp3) is 0.333. The van der Waals surface area contributed by atoms with Crippen LogP contribution < -0.4 is 0 Å². The highest BCUT2D eigenvalue weighted by molar-refractivity contribution is 5.73. The number of aromatic nitrogens is 2. The first-order valence-electron chi connectivity index (χ1n) is 5.75. The molecule has 0 spiro atoms. The van der Waals surface area contributed by atoms with E-state index < -0.39 is 29.6 Å². The van der Waals surface area contributed by atoms with Crippen LogP contribution in [0.1, 0.15) is 5.69 Å². The van der Waals surface area contributed by atoms with Crippen molar-refractivity contribution in [1.82, 2.24) is 9.97 Å². The Hall–Kier alpha value is -2.07. The molecule has 2 nitrogen and oxygen atoms in total. The van der Waals surface area contributed by atoms with Gasteiger partial charge in [0, 0.05) is 0 Å². The Morgan fingerprint density at radius 3 is 1.74 bits per heavy atom. The Kier molecular flexibility index (Phi) is 3.73. The molecule has 0 unspecified atom stereocenters. The van der Waals surface area contributed by atoms with E-state index >= 15 is 0 Å². The number of nitrogens with zero attached hydrogens (tertiary/aromatic N) is 2. The van der Waals surface area contributed by atoms with E-state index in [2.05, 4.69) is 9.97 Å². The largest absolute Gasteiger partial charge is 0.460 e. The number of hydrogen-bond donors (Lipinski definition) is 0. The van der Waals surface area contributed by atoms with Crippen LogP contribution in [-0.4, -0.2) is 28.0 Å². The summed E-state index contributed by atoms with van der Waals surface area (Å²) in [6.07, 6.45) is -6.84. The van der Waals surface area contributed by atoms with Gasteiger partial charge in [-0.1, -0.05) is 12.1 Å². The average Bonchev–Trinajstić information content (AvgIpc) is 2.45. The SMILES string of the molecule is FC(F)(F)C(F)(F)C(F)(F)C(F)(F)c1cnc2ccccc2n1. The molecule has 0 amide bonds. The summed E-state index contributed by atoms with van der Waals surface area (Å²) in [5.41, 5.74) is -2.39. The second-order valence-corrected chi connectivity index (χ2v) is 4.46. The van der Waals surface area contributed by atoms with Gasteiger partial charge < -0.3 is 0 Å². The molecule has 1 aromatic carbocycles. The van der Waals surface area contributed by atoms with E-state index in [0.717, 1.165) is 6.07 Å². The fourth-order valence-electron chi connectivity index (χ4n) is 1.64. The Bertz CT molecular complexity index is 724. The molecule has 23 heavy (non-hydrogen) atoms. The first kappa shape index (κ1) is 17.3. The van der Waals surface area contributed by atoms with Crippen LogP contribution in [0.4, 0.5) is 39.5 Å². The van der Waals surface area contributed by atoms with Crippen molar-refractivity contribution in [3.05, 3.63) is 36.2 Å². The maximum absolute atomic E-state index is 13.7. The van der Waals surface area contributed by atoms with Gasteiger partial charge in [0.05, 0.1) is 17.2 Å². The van der Waals surface area contributed by atoms with Crippen molar-refractivity contribution in [1.29, 1.82) is 0 Å². The number of halogens is 9. The Morgan fingerprint density at radius 2 is 1.22 bits per heavy atom. The van der Waals surface area contributed by atoms with Gasteiger partial charge in [-0.25, -0.2) is 4.98 Å². The van der Waals surface area contributed by atoms with Crippen molar-refractivity contribution >= 4 is 11.0 Å². The van der Waals surface area contributed by atoms with Gasteiger partial charge in [-0.2, -0.15) is 39.5 Å². The van der Waals surface area contributed by atoms with Gasteiger partial charge >= 0.3 is 23.9 Å². The zero-order valence-electron chi connectivity index (χ0n) is 10.7. The summed E-state index contributed by atoms with van der Waals surface area (Å²) in [4.78, 5) is 6.32. The molecule has 0 fully saturated rings. The number of hydrogen-bond acceptors (Lipinski definition) is 2. The molecule has 0 radical (unpaired) electrons. The molecule has 0 bridgehead atoms. The van der Waals surface area contributed by atoms with Gasteiger partial charge in [0.25, 0.3) is 0 Å². The van der Waals surface area contributed by atoms with Crippen LogP contribution in [-0.2, 0) is 5.92 Å². The lowest BCUT2D eigenvalue weighted by atomic mass is 10.0. The minimum Gasteiger partial charge on any atom is -0.252 e. The van der Waals surface area contributed by atoms with E-state index in [1.165, 1.54) is 18.2 Å². The third-order valence-corrected chi connectivity index (χ3v) is 2.91. The topological polar surface area (TPSA) is 25.8 Å². The summed E-state index contributed by atoms with van der Waals surface area (Å²) < 4.78 is 116. The third-order valence-electron chi connectivity index (χ3n) is 2.91. The van der Waals surface area contributed by atoms with E-state index in [9.17, 15) is 39.5 Å². The number of fused-ring (bicyclic) bond motifs is 1. The molecule has 0 aliphatic carbocycles. The molecular formula is C12H5F9N2. The van der Waals surface area contributed by atoms with Crippen molar-refractivity contribution in [3.8, 4) is 0 Å². The molecule has 0 saturated carbocycles. The number of rotatable bonds is 3. The summed E-state index contributed by atoms with van der Waals surface area (Å²) in [5.74, 6) is -19.6. The van der Waals surface area contributed by atoms with Crippen LogP contribution in [0.2, 0.25) is 0 Å². The van der Waals surface area contributed by atoms with E-state index in [0.29, 0.717) is 0 Å².